The first-order chi connectivity index (χ1) is 47.3. The van der Waals surface area contributed by atoms with Crippen LogP contribution >= 0.6 is 0 Å². The average Bonchev–Trinajstić information content (AvgIpc) is 1.49. The fraction of sp³-hybridized carbons (Fsp3) is 0.0440. The Labute approximate surface area is 558 Å². The minimum absolute atomic E-state index is 0.133. The van der Waals surface area contributed by atoms with Gasteiger partial charge in [0, 0.05) is 49.9 Å². The molecule has 450 valence electrons. The fourth-order valence-electron chi connectivity index (χ4n) is 16.3. The minimum Gasteiger partial charge on any atom is -0.310 e. The zero-order chi connectivity index (χ0) is 63.6. The Kier molecular flexibility index (Phi) is 12.5. The van der Waals surface area contributed by atoms with Crippen LogP contribution in [0.15, 0.2) is 334 Å². The van der Waals surface area contributed by atoms with Crippen LogP contribution in [0.2, 0.25) is 0 Å². The van der Waals surface area contributed by atoms with Gasteiger partial charge in [-0.3, -0.25) is 4.57 Å². The highest BCUT2D eigenvalue weighted by Gasteiger charge is 2.53. The van der Waals surface area contributed by atoms with Gasteiger partial charge in [-0.1, -0.05) is 281 Å². The van der Waals surface area contributed by atoms with Crippen molar-refractivity contribution in [2.24, 2.45) is 0 Å². The zero-order valence-corrected chi connectivity index (χ0v) is 53.0. The topological polar surface area (TPSA) is 46.8 Å². The number of benzene rings is 14. The Balaban J connectivity index is 0.807. The van der Waals surface area contributed by atoms with E-state index in [0.717, 1.165) is 72.2 Å². The van der Waals surface area contributed by atoms with Crippen molar-refractivity contribution in [3.05, 3.63) is 367 Å². The van der Waals surface area contributed by atoms with Crippen LogP contribution in [0.4, 0.5) is 17.1 Å². The van der Waals surface area contributed by atoms with E-state index in [1.807, 2.05) is 12.1 Å². The van der Waals surface area contributed by atoms with Gasteiger partial charge in [-0.05, 0) is 172 Å². The Morgan fingerprint density at radius 3 is 1.27 bits per heavy atom. The van der Waals surface area contributed by atoms with Gasteiger partial charge in [0.05, 0.1) is 16.4 Å². The molecule has 19 rings (SSSR count). The van der Waals surface area contributed by atoms with Crippen LogP contribution in [0.5, 0.6) is 0 Å². The van der Waals surface area contributed by atoms with Gasteiger partial charge in [-0.25, -0.2) is 4.98 Å². The largest absolute Gasteiger partial charge is 0.310 e. The van der Waals surface area contributed by atoms with E-state index in [1.165, 1.54) is 89.0 Å². The maximum atomic E-state index is 5.54. The Hall–Kier alpha value is -12.3. The summed E-state index contributed by atoms with van der Waals surface area (Å²) in [5, 5.41) is 2.23. The lowest BCUT2D eigenvalue weighted by Crippen LogP contribution is -2.26. The Bertz CT molecular complexity index is 5610. The monoisotopic (exact) mass is 1220 g/mol. The van der Waals surface area contributed by atoms with Gasteiger partial charge in [0.2, 0.25) is 5.95 Å². The summed E-state index contributed by atoms with van der Waals surface area (Å²) in [6.07, 6.45) is 0. The molecular weight excluding hydrogens is 1160 g/mol. The van der Waals surface area contributed by atoms with Crippen molar-refractivity contribution in [2.75, 3.05) is 4.90 Å². The van der Waals surface area contributed by atoms with E-state index in [4.69, 9.17) is 15.0 Å². The summed E-state index contributed by atoms with van der Waals surface area (Å²) in [6, 6.07) is 122. The number of hydrogen-bond acceptors (Lipinski definition) is 4. The molecule has 2 aromatic heterocycles. The second-order valence-electron chi connectivity index (χ2n) is 26.2. The zero-order valence-electron chi connectivity index (χ0n) is 53.0. The van der Waals surface area contributed by atoms with Gasteiger partial charge < -0.3 is 4.90 Å². The van der Waals surface area contributed by atoms with Crippen molar-refractivity contribution in [3.8, 4) is 107 Å². The van der Waals surface area contributed by atoms with Gasteiger partial charge in [0.15, 0.2) is 11.6 Å². The molecule has 96 heavy (non-hydrogen) atoms. The SMILES string of the molecule is CC1(C)c2ccccc2-c2cc(N(c3ccc(-c4ccc5c(c4)c4ccc6c(c4n5-c4nc(-c5ccccc5)nc(-c5ccccc5)n4)C4(c5ccccc5-c5ccccc54)c4ccccc4-6)cc3)c3cccc(-c4cc(-c5ccccc5)cc(-c5ccccc5)c4)c3)ccc21. The third-order valence-electron chi connectivity index (χ3n) is 20.6. The quantitative estimate of drug-likeness (QED) is 0.137. The van der Waals surface area contributed by atoms with Gasteiger partial charge in [-0.2, -0.15) is 9.97 Å². The van der Waals surface area contributed by atoms with Crippen molar-refractivity contribution in [2.45, 2.75) is 24.7 Å². The molecule has 0 N–H and O–H groups in total. The van der Waals surface area contributed by atoms with E-state index >= 15 is 0 Å². The molecule has 16 aromatic rings. The fourth-order valence-corrected chi connectivity index (χ4v) is 16.3. The van der Waals surface area contributed by atoms with Crippen molar-refractivity contribution in [3.63, 3.8) is 0 Å². The smallest absolute Gasteiger partial charge is 0.238 e. The molecule has 14 aromatic carbocycles. The standard InChI is InChI=1S/C91H61N5/c1-90(2)79-38-19-15-37-74(79)77-57-70(47-50-80(77)90)95(69-33-23-32-63(55-69)67-53-65(58-24-7-3-8-25-58)52-66(54-67)59-26-9-4-10-27-59)68-45-42-60(43-46-68)64-44-51-84-78(56-64)76-49-48-75-73-36-18-22-41-83(73)91(81-39-20-16-34-71(81)72-35-17-21-40-82(72)91)85(75)86(76)96(84)89-93-87(61-28-11-5-12-29-61)92-88(94-89)62-30-13-6-14-31-62/h3-57H,1-2H3. The second kappa shape index (κ2) is 21.6. The highest BCUT2D eigenvalue weighted by Crippen LogP contribution is 2.65. The van der Waals surface area contributed by atoms with Gasteiger partial charge >= 0.3 is 0 Å². The molecular formula is C91H61N5. The van der Waals surface area contributed by atoms with Crippen LogP contribution in [0.1, 0.15) is 47.2 Å². The number of anilines is 3. The van der Waals surface area contributed by atoms with E-state index in [1.54, 1.807) is 0 Å². The molecule has 0 saturated carbocycles. The first kappa shape index (κ1) is 55.3. The molecule has 5 heteroatoms. The van der Waals surface area contributed by atoms with E-state index < -0.39 is 5.41 Å². The van der Waals surface area contributed by atoms with E-state index in [0.29, 0.717) is 17.6 Å². The molecule has 0 saturated heterocycles. The summed E-state index contributed by atoms with van der Waals surface area (Å²) in [4.78, 5) is 18.7. The first-order valence-electron chi connectivity index (χ1n) is 33.1. The minimum atomic E-state index is -0.651. The number of fused-ring (bicyclic) bond motifs is 17. The molecule has 0 bridgehead atoms. The van der Waals surface area contributed by atoms with Gasteiger partial charge in [0.1, 0.15) is 0 Å². The van der Waals surface area contributed by atoms with Crippen molar-refractivity contribution in [1.82, 2.24) is 19.5 Å². The summed E-state index contributed by atoms with van der Waals surface area (Å²) < 4.78 is 2.36. The summed E-state index contributed by atoms with van der Waals surface area (Å²) in [5.41, 5.74) is 30.8. The molecule has 2 heterocycles. The van der Waals surface area contributed by atoms with Crippen LogP contribution in [0, 0.1) is 0 Å². The first-order valence-corrected chi connectivity index (χ1v) is 33.1. The average molecular weight is 1220 g/mol. The van der Waals surface area contributed by atoms with E-state index in [9.17, 15) is 0 Å². The van der Waals surface area contributed by atoms with Gasteiger partial charge in [-0.15, -0.1) is 0 Å². The maximum Gasteiger partial charge on any atom is 0.238 e. The molecule has 3 aliphatic carbocycles. The van der Waals surface area contributed by atoms with Crippen LogP contribution < -0.4 is 4.90 Å². The number of nitrogens with zero attached hydrogens (tertiary/aromatic N) is 5. The predicted molar refractivity (Wildman–Crippen MR) is 395 cm³/mol. The number of hydrogen-bond donors (Lipinski definition) is 0. The predicted octanol–water partition coefficient (Wildman–Crippen LogP) is 23.1. The number of aromatic nitrogens is 4. The van der Waals surface area contributed by atoms with Gasteiger partial charge in [0.25, 0.3) is 0 Å². The lowest BCUT2D eigenvalue weighted by molar-refractivity contribution is 0.660. The lowest BCUT2D eigenvalue weighted by Gasteiger charge is -2.31. The highest BCUT2D eigenvalue weighted by atomic mass is 15.2. The normalized spacial score (nSPS) is 13.3. The van der Waals surface area contributed by atoms with Crippen molar-refractivity contribution >= 4 is 38.9 Å². The third-order valence-corrected chi connectivity index (χ3v) is 20.6. The molecule has 0 unspecified atom stereocenters. The molecule has 3 aliphatic rings. The second-order valence-corrected chi connectivity index (χ2v) is 26.2. The Morgan fingerprint density at radius 2 is 0.698 bits per heavy atom. The molecule has 1 spiro atoms. The van der Waals surface area contributed by atoms with Crippen molar-refractivity contribution in [1.29, 1.82) is 0 Å². The molecule has 0 aliphatic heterocycles. The molecule has 0 fully saturated rings. The molecule has 5 nitrogen and oxygen atoms in total. The van der Waals surface area contributed by atoms with Crippen LogP contribution in [-0.2, 0) is 10.8 Å². The summed E-state index contributed by atoms with van der Waals surface area (Å²) in [5.74, 6) is 1.77. The molecule has 0 radical (unpaired) electrons. The van der Waals surface area contributed by atoms with Crippen LogP contribution in [-0.4, -0.2) is 19.5 Å². The van der Waals surface area contributed by atoms with Crippen molar-refractivity contribution < 1.29 is 0 Å². The lowest BCUT2D eigenvalue weighted by atomic mass is 9.70. The summed E-state index contributed by atoms with van der Waals surface area (Å²) in [7, 11) is 0. The Morgan fingerprint density at radius 1 is 0.271 bits per heavy atom. The van der Waals surface area contributed by atoms with E-state index in [-0.39, 0.29) is 5.41 Å². The van der Waals surface area contributed by atoms with E-state index in [2.05, 4.69) is 345 Å². The van der Waals surface area contributed by atoms with Crippen LogP contribution in [0.3, 0.4) is 0 Å². The summed E-state index contributed by atoms with van der Waals surface area (Å²) >= 11 is 0. The highest BCUT2D eigenvalue weighted by molar-refractivity contribution is 6.15. The maximum absolute atomic E-state index is 5.54. The third kappa shape index (κ3) is 8.46. The molecule has 0 atom stereocenters. The van der Waals surface area contributed by atoms with Crippen LogP contribution in [0.25, 0.3) is 128 Å². The molecule has 0 amide bonds. The summed E-state index contributed by atoms with van der Waals surface area (Å²) in [6.45, 7) is 4.71. The number of rotatable bonds is 10.